The first-order chi connectivity index (χ1) is 20.4. The van der Waals surface area contributed by atoms with E-state index in [1.54, 1.807) is 0 Å². The summed E-state index contributed by atoms with van der Waals surface area (Å²) in [7, 11) is -6.89. The van der Waals surface area contributed by atoms with Gasteiger partial charge >= 0.3 is 6.09 Å². The van der Waals surface area contributed by atoms with Crippen LogP contribution in [0.4, 0.5) is 4.79 Å². The fourth-order valence-corrected chi connectivity index (χ4v) is 8.40. The molecule has 1 aromatic rings. The predicted molar refractivity (Wildman–Crippen MR) is 170 cm³/mol. The lowest BCUT2D eigenvalue weighted by molar-refractivity contribution is -0.124. The molecule has 13 heteroatoms. The zero-order chi connectivity index (χ0) is 31.9. The number of aryl methyl sites for hydroxylation is 1. The third-order valence-corrected chi connectivity index (χ3v) is 11.4. The molecule has 1 heterocycles. The van der Waals surface area contributed by atoms with Crippen molar-refractivity contribution < 1.29 is 31.2 Å². The van der Waals surface area contributed by atoms with E-state index in [4.69, 9.17) is 4.74 Å². The van der Waals surface area contributed by atoms with E-state index in [0.29, 0.717) is 45.2 Å². The minimum Gasteiger partial charge on any atom is -0.446 e. The molecule has 1 aromatic carbocycles. The second-order valence-electron chi connectivity index (χ2n) is 11.4. The predicted octanol–water partition coefficient (Wildman–Crippen LogP) is 2.99. The normalized spacial score (nSPS) is 15.7. The fraction of sp³-hybridized carbons (Fsp3) is 0.733. The smallest absolute Gasteiger partial charge is 0.407 e. The van der Waals surface area contributed by atoms with Gasteiger partial charge in [0.2, 0.25) is 15.9 Å². The van der Waals surface area contributed by atoms with Crippen LogP contribution in [-0.2, 0) is 42.4 Å². The van der Waals surface area contributed by atoms with Crippen molar-refractivity contribution in [1.82, 2.24) is 20.3 Å². The monoisotopic (exact) mass is 644 g/mol. The molecule has 2 rings (SSSR count). The summed E-state index contributed by atoms with van der Waals surface area (Å²) in [6.07, 6.45) is 4.82. The number of hydrogen-bond acceptors (Lipinski definition) is 8. The second-order valence-corrected chi connectivity index (χ2v) is 15.7. The van der Waals surface area contributed by atoms with Gasteiger partial charge in [-0.1, -0.05) is 57.9 Å². The van der Waals surface area contributed by atoms with E-state index in [1.807, 2.05) is 19.9 Å². The van der Waals surface area contributed by atoms with Gasteiger partial charge < -0.3 is 20.7 Å². The highest BCUT2D eigenvalue weighted by atomic mass is 32.2. The molecule has 0 aliphatic carbocycles. The molecule has 3 N–H and O–H groups in total. The lowest BCUT2D eigenvalue weighted by atomic mass is 10.1. The summed E-state index contributed by atoms with van der Waals surface area (Å²) < 4.78 is 56.9. The number of ether oxygens (including phenoxy) is 1. The van der Waals surface area contributed by atoms with Crippen molar-refractivity contribution in [2.45, 2.75) is 90.0 Å². The lowest BCUT2D eigenvalue weighted by Crippen LogP contribution is -2.45. The molecule has 0 spiro atoms. The van der Waals surface area contributed by atoms with Crippen molar-refractivity contribution in [2.75, 3.05) is 44.7 Å². The van der Waals surface area contributed by atoms with Crippen LogP contribution < -0.4 is 16.0 Å². The van der Waals surface area contributed by atoms with Crippen LogP contribution >= 0.6 is 0 Å². The van der Waals surface area contributed by atoms with Crippen LogP contribution in [0, 0.1) is 5.92 Å². The average Bonchev–Trinajstić information content (AvgIpc) is 2.96. The van der Waals surface area contributed by atoms with Crippen LogP contribution in [0.3, 0.4) is 0 Å². The summed E-state index contributed by atoms with van der Waals surface area (Å²) >= 11 is 0. The zero-order valence-electron chi connectivity index (χ0n) is 26.3. The number of carbonyl (C=O) groups is 2. The van der Waals surface area contributed by atoms with Gasteiger partial charge in [0, 0.05) is 32.7 Å². The molecule has 2 amide bonds. The molecule has 246 valence electrons. The number of piperidine rings is 1. The number of nitrogens with one attached hydrogen (secondary N) is 3. The van der Waals surface area contributed by atoms with Gasteiger partial charge in [-0.25, -0.2) is 25.9 Å². The maximum atomic E-state index is 13.3. The van der Waals surface area contributed by atoms with E-state index in [1.165, 1.54) is 15.4 Å². The molecule has 1 aliphatic rings. The number of amides is 2. The molecule has 0 aromatic heterocycles. The summed E-state index contributed by atoms with van der Waals surface area (Å²) in [6, 6.07) is 8.38. The molecule has 43 heavy (non-hydrogen) atoms. The molecule has 1 aliphatic heterocycles. The van der Waals surface area contributed by atoms with E-state index >= 15 is 0 Å². The number of carbonyl (C=O) groups excluding carboxylic acids is 2. The topological polar surface area (TPSA) is 151 Å². The summed E-state index contributed by atoms with van der Waals surface area (Å²) in [5, 5.41) is 8.28. The fourth-order valence-electron chi connectivity index (χ4n) is 5.23. The summed E-state index contributed by atoms with van der Waals surface area (Å²) in [5.74, 6) is -1.75. The molecule has 1 atom stereocenters. The third-order valence-electron chi connectivity index (χ3n) is 7.73. The van der Waals surface area contributed by atoms with Crippen molar-refractivity contribution in [3.8, 4) is 0 Å². The molecular weight excluding hydrogens is 592 g/mol. The highest BCUT2D eigenvalue weighted by molar-refractivity contribution is 7.92. The van der Waals surface area contributed by atoms with Gasteiger partial charge in [0.25, 0.3) is 0 Å². The van der Waals surface area contributed by atoms with Gasteiger partial charge in [0.15, 0.2) is 9.84 Å². The van der Waals surface area contributed by atoms with Crippen molar-refractivity contribution in [3.05, 3.63) is 35.4 Å². The standard InChI is InChI=1S/C30H52N4O7S2/c1-5-10-28(11-6-2)43(39,40)23-26(22-33-30(36)41-27-14-18-34(19-15-27)42(4,37)38)29(35)32-17-9-16-31-21-25-13-8-12-24(7-3)20-25/h8,12-13,20,26-28,31H,5-7,9-11,14-19,21-23H2,1-4H3,(H,32,35)(H,33,36). The Morgan fingerprint density at radius 2 is 1.63 bits per heavy atom. The largest absolute Gasteiger partial charge is 0.446 e. The highest BCUT2D eigenvalue weighted by Crippen LogP contribution is 2.19. The van der Waals surface area contributed by atoms with Crippen molar-refractivity contribution in [1.29, 1.82) is 0 Å². The molecule has 1 saturated heterocycles. The lowest BCUT2D eigenvalue weighted by Gasteiger charge is -2.30. The van der Waals surface area contributed by atoms with E-state index in [2.05, 4.69) is 41.1 Å². The van der Waals surface area contributed by atoms with Crippen LogP contribution in [-0.4, -0.2) is 89.2 Å². The molecule has 0 saturated carbocycles. The van der Waals surface area contributed by atoms with Crippen molar-refractivity contribution in [2.24, 2.45) is 5.92 Å². The van der Waals surface area contributed by atoms with E-state index < -0.39 is 49.1 Å². The molecule has 1 unspecified atom stereocenters. The Morgan fingerprint density at radius 3 is 2.23 bits per heavy atom. The summed E-state index contributed by atoms with van der Waals surface area (Å²) in [5.41, 5.74) is 2.48. The van der Waals surface area contributed by atoms with Gasteiger partial charge in [-0.15, -0.1) is 0 Å². The quantitative estimate of drug-likeness (QED) is 0.195. The van der Waals surface area contributed by atoms with E-state index in [-0.39, 0.29) is 25.4 Å². The maximum Gasteiger partial charge on any atom is 0.407 e. The van der Waals surface area contributed by atoms with Crippen LogP contribution in [0.5, 0.6) is 0 Å². The van der Waals surface area contributed by atoms with Crippen molar-refractivity contribution in [3.63, 3.8) is 0 Å². The minimum atomic E-state index is -3.59. The van der Waals surface area contributed by atoms with Gasteiger partial charge in [0.05, 0.1) is 23.2 Å². The summed E-state index contributed by atoms with van der Waals surface area (Å²) in [4.78, 5) is 25.7. The number of benzene rings is 1. The molecular formula is C30H52N4O7S2. The SMILES string of the molecule is CCCC(CCC)S(=O)(=O)CC(CNC(=O)OC1CCN(S(C)(=O)=O)CC1)C(=O)NCCCNCc1cccc(CC)c1. The Morgan fingerprint density at radius 1 is 0.977 bits per heavy atom. The number of alkyl carbamates (subject to hydrolysis) is 1. The van der Waals surface area contributed by atoms with E-state index in [9.17, 15) is 26.4 Å². The Hall–Kier alpha value is -2.22. The van der Waals surface area contributed by atoms with Crippen LogP contribution in [0.15, 0.2) is 24.3 Å². The van der Waals surface area contributed by atoms with E-state index in [0.717, 1.165) is 32.1 Å². The first-order valence-corrected chi connectivity index (χ1v) is 19.1. The Bertz CT molecular complexity index is 1210. The van der Waals surface area contributed by atoms with Gasteiger partial charge in [0.1, 0.15) is 6.10 Å². The molecule has 1 fully saturated rings. The van der Waals surface area contributed by atoms with Gasteiger partial charge in [-0.2, -0.15) is 0 Å². The van der Waals surface area contributed by atoms with Crippen molar-refractivity contribution >= 4 is 31.9 Å². The first kappa shape index (κ1) is 37.0. The van der Waals surface area contributed by atoms with Crippen LogP contribution in [0.1, 0.15) is 76.8 Å². The highest BCUT2D eigenvalue weighted by Gasteiger charge is 2.32. The zero-order valence-corrected chi connectivity index (χ0v) is 27.9. The molecule has 0 radical (unpaired) electrons. The van der Waals surface area contributed by atoms with Gasteiger partial charge in [-0.3, -0.25) is 4.79 Å². The average molecular weight is 645 g/mol. The Labute approximate surface area is 258 Å². The maximum absolute atomic E-state index is 13.3. The Kier molecular flexibility index (Phi) is 16.0. The number of sulfone groups is 1. The third kappa shape index (κ3) is 13.5. The molecule has 0 bridgehead atoms. The van der Waals surface area contributed by atoms with Crippen LogP contribution in [0.25, 0.3) is 0 Å². The number of sulfonamides is 1. The number of hydrogen-bond donors (Lipinski definition) is 3. The second kappa shape index (κ2) is 18.6. The van der Waals surface area contributed by atoms with Gasteiger partial charge in [-0.05, 0) is 56.2 Å². The number of nitrogens with zero attached hydrogens (tertiary/aromatic N) is 1. The number of rotatable bonds is 19. The minimum absolute atomic E-state index is 0.178. The summed E-state index contributed by atoms with van der Waals surface area (Å²) in [6.45, 7) is 8.11. The molecule has 11 nitrogen and oxygen atoms in total. The Balaban J connectivity index is 1.91. The van der Waals surface area contributed by atoms with Crippen LogP contribution in [0.2, 0.25) is 0 Å². The first-order valence-electron chi connectivity index (χ1n) is 15.6.